The van der Waals surface area contributed by atoms with E-state index in [0.717, 1.165) is 15.1 Å². The van der Waals surface area contributed by atoms with Crippen molar-refractivity contribution in [3.8, 4) is 0 Å². The number of hydrogen-bond acceptors (Lipinski definition) is 3. The fraction of sp³-hybridized carbons (Fsp3) is 0.500. The lowest BCUT2D eigenvalue weighted by molar-refractivity contribution is -0.112. The molecular weight excluding hydrogens is 279 g/mol. The zero-order valence-electron chi connectivity index (χ0n) is 5.52. The summed E-state index contributed by atoms with van der Waals surface area (Å²) in [6.07, 6.45) is 0. The third-order valence-corrected chi connectivity index (χ3v) is 5.78. The number of halogens is 1. The van der Waals surface area contributed by atoms with E-state index in [4.69, 9.17) is 0 Å². The predicted octanol–water partition coefficient (Wildman–Crippen LogP) is 2.66. The fourth-order valence-electron chi connectivity index (χ4n) is 0.581. The van der Waals surface area contributed by atoms with Crippen LogP contribution in [0.1, 0.15) is 6.92 Å². The molecule has 1 saturated heterocycles. The highest BCUT2D eigenvalue weighted by Crippen LogP contribution is 2.40. The molecule has 0 radical (unpaired) electrons. The number of allylic oxidation sites excluding steroid dienone is 1. The lowest BCUT2D eigenvalue weighted by Crippen LogP contribution is -1.88. The Labute approximate surface area is 82.5 Å². The summed E-state index contributed by atoms with van der Waals surface area (Å²) in [6.45, 7) is 1.62. The van der Waals surface area contributed by atoms with E-state index in [9.17, 15) is 4.79 Å². The molecule has 1 fully saturated rings. The molecule has 0 aromatic carbocycles. The summed E-state index contributed by atoms with van der Waals surface area (Å²) in [4.78, 5) is 10.8. The molecule has 0 N–H and O–H groups in total. The number of thioether (sulfide) groups is 2. The molecule has 0 aliphatic carbocycles. The van der Waals surface area contributed by atoms with Crippen molar-refractivity contribution >= 4 is 51.9 Å². The molecule has 0 atom stereocenters. The third kappa shape index (κ3) is 2.17. The van der Waals surface area contributed by atoms with E-state index in [1.165, 1.54) is 4.24 Å². The Kier molecular flexibility index (Phi) is 3.59. The van der Waals surface area contributed by atoms with Gasteiger partial charge in [0, 0.05) is 11.5 Å². The zero-order valence-corrected chi connectivity index (χ0v) is 9.31. The van der Waals surface area contributed by atoms with Gasteiger partial charge in [-0.25, -0.2) is 0 Å². The van der Waals surface area contributed by atoms with Crippen LogP contribution in [0.5, 0.6) is 0 Å². The molecule has 0 aromatic heterocycles. The highest BCUT2D eigenvalue weighted by atomic mass is 127. The maximum atomic E-state index is 10.8. The van der Waals surface area contributed by atoms with Gasteiger partial charge in [0.05, 0.1) is 7.82 Å². The first-order valence-electron chi connectivity index (χ1n) is 2.88. The Morgan fingerprint density at radius 2 is 2.00 bits per heavy atom. The summed E-state index contributed by atoms with van der Waals surface area (Å²) < 4.78 is 2.12. The van der Waals surface area contributed by atoms with Gasteiger partial charge in [-0.3, -0.25) is 4.79 Å². The van der Waals surface area contributed by atoms with Gasteiger partial charge in [0.25, 0.3) is 0 Å². The molecule has 56 valence electrons. The number of ketones is 1. The standard InChI is InChI=1S/C6H7IOS2/c1-4(8)5(7)6-9-2-3-10-6/h2-3H2,1H3. The monoisotopic (exact) mass is 286 g/mol. The summed E-state index contributed by atoms with van der Waals surface area (Å²) in [5.74, 6) is 2.50. The molecule has 0 unspecified atom stereocenters. The van der Waals surface area contributed by atoms with Crippen molar-refractivity contribution in [2.75, 3.05) is 11.5 Å². The van der Waals surface area contributed by atoms with Gasteiger partial charge in [0.2, 0.25) is 0 Å². The Morgan fingerprint density at radius 1 is 1.50 bits per heavy atom. The van der Waals surface area contributed by atoms with Crippen molar-refractivity contribution in [3.63, 3.8) is 0 Å². The largest absolute Gasteiger partial charge is 0.294 e. The van der Waals surface area contributed by atoms with Gasteiger partial charge in [0.1, 0.15) is 0 Å². The Bertz CT molecular complexity index is 180. The first-order chi connectivity index (χ1) is 4.72. The van der Waals surface area contributed by atoms with Gasteiger partial charge in [-0.2, -0.15) is 0 Å². The van der Waals surface area contributed by atoms with Crippen LogP contribution in [0.4, 0.5) is 0 Å². The minimum absolute atomic E-state index is 0.192. The highest BCUT2D eigenvalue weighted by Gasteiger charge is 2.14. The summed E-state index contributed by atoms with van der Waals surface area (Å²) in [5.41, 5.74) is 0. The van der Waals surface area contributed by atoms with E-state index in [0.29, 0.717) is 0 Å². The summed E-state index contributed by atoms with van der Waals surface area (Å²) in [7, 11) is 0. The molecule has 0 saturated carbocycles. The van der Waals surface area contributed by atoms with Crippen LogP contribution < -0.4 is 0 Å². The number of hydrogen-bond donors (Lipinski definition) is 0. The second-order valence-electron chi connectivity index (χ2n) is 1.85. The molecule has 0 spiro atoms. The molecule has 0 aromatic rings. The molecule has 0 bridgehead atoms. The summed E-state index contributed by atoms with van der Waals surface area (Å²) in [6, 6.07) is 0. The van der Waals surface area contributed by atoms with Gasteiger partial charge in [-0.15, -0.1) is 23.5 Å². The van der Waals surface area contributed by atoms with Crippen LogP contribution in [0.2, 0.25) is 0 Å². The number of carbonyl (C=O) groups excluding carboxylic acids is 1. The topological polar surface area (TPSA) is 17.1 Å². The molecule has 1 aliphatic rings. The second-order valence-corrected chi connectivity index (χ2v) is 5.40. The van der Waals surface area contributed by atoms with E-state index >= 15 is 0 Å². The van der Waals surface area contributed by atoms with Gasteiger partial charge >= 0.3 is 0 Å². The van der Waals surface area contributed by atoms with Crippen molar-refractivity contribution in [1.29, 1.82) is 0 Å². The first-order valence-corrected chi connectivity index (χ1v) is 5.93. The van der Waals surface area contributed by atoms with Crippen molar-refractivity contribution in [3.05, 3.63) is 7.82 Å². The molecule has 1 heterocycles. The molecule has 10 heavy (non-hydrogen) atoms. The van der Waals surface area contributed by atoms with E-state index in [-0.39, 0.29) is 5.78 Å². The van der Waals surface area contributed by atoms with Gasteiger partial charge in [-0.1, -0.05) is 0 Å². The lowest BCUT2D eigenvalue weighted by Gasteiger charge is -1.95. The van der Waals surface area contributed by atoms with Crippen molar-refractivity contribution in [1.82, 2.24) is 0 Å². The van der Waals surface area contributed by atoms with Crippen molar-refractivity contribution in [2.24, 2.45) is 0 Å². The summed E-state index contributed by atoms with van der Waals surface area (Å²) in [5, 5.41) is 0. The van der Waals surface area contributed by atoms with Gasteiger partial charge in [0.15, 0.2) is 5.78 Å². The van der Waals surface area contributed by atoms with Gasteiger partial charge in [-0.05, 0) is 29.5 Å². The van der Waals surface area contributed by atoms with Crippen LogP contribution >= 0.6 is 46.1 Å². The Hall–Kier alpha value is 0.840. The lowest BCUT2D eigenvalue weighted by atomic mass is 10.5. The number of rotatable bonds is 1. The summed E-state index contributed by atoms with van der Waals surface area (Å²) >= 11 is 5.71. The smallest absolute Gasteiger partial charge is 0.167 e. The third-order valence-electron chi connectivity index (χ3n) is 1.04. The van der Waals surface area contributed by atoms with Crippen LogP contribution in [-0.4, -0.2) is 17.3 Å². The number of carbonyl (C=O) groups is 1. The molecule has 0 amide bonds. The average molecular weight is 286 g/mol. The van der Waals surface area contributed by atoms with Crippen LogP contribution in [-0.2, 0) is 4.79 Å². The SMILES string of the molecule is CC(=O)C(I)=C1SCCS1. The van der Waals surface area contributed by atoms with Crippen molar-refractivity contribution < 1.29 is 4.79 Å². The molecular formula is C6H7IOS2. The quantitative estimate of drug-likeness (QED) is 0.545. The van der Waals surface area contributed by atoms with Crippen LogP contribution in [0.3, 0.4) is 0 Å². The Morgan fingerprint density at radius 3 is 2.40 bits per heavy atom. The molecule has 1 rings (SSSR count). The maximum absolute atomic E-state index is 10.8. The van der Waals surface area contributed by atoms with E-state index in [1.807, 2.05) is 0 Å². The van der Waals surface area contributed by atoms with Crippen LogP contribution in [0, 0.1) is 0 Å². The predicted molar refractivity (Wildman–Crippen MR) is 56.6 cm³/mol. The van der Waals surface area contributed by atoms with E-state index in [1.54, 1.807) is 30.4 Å². The molecule has 4 heteroatoms. The van der Waals surface area contributed by atoms with Gasteiger partial charge < -0.3 is 0 Å². The molecule has 1 aliphatic heterocycles. The second kappa shape index (κ2) is 4.01. The fourth-order valence-corrected chi connectivity index (χ4v) is 3.93. The number of Topliss-reactive ketones (excluding diaryl/α,β-unsaturated/α-hetero) is 1. The van der Waals surface area contributed by atoms with Crippen molar-refractivity contribution in [2.45, 2.75) is 6.92 Å². The normalized spacial score (nSPS) is 17.6. The van der Waals surface area contributed by atoms with Crippen LogP contribution in [0.15, 0.2) is 7.82 Å². The zero-order chi connectivity index (χ0) is 7.56. The highest BCUT2D eigenvalue weighted by molar-refractivity contribution is 14.1. The first kappa shape index (κ1) is 8.93. The van der Waals surface area contributed by atoms with E-state index < -0.39 is 0 Å². The van der Waals surface area contributed by atoms with Crippen LogP contribution in [0.25, 0.3) is 0 Å². The molecule has 1 nitrogen and oxygen atoms in total. The van der Waals surface area contributed by atoms with E-state index in [2.05, 4.69) is 22.6 Å². The average Bonchev–Trinajstić information content (AvgIpc) is 2.36. The maximum Gasteiger partial charge on any atom is 0.167 e. The minimum Gasteiger partial charge on any atom is -0.294 e. The minimum atomic E-state index is 0.192. The Balaban J connectivity index is 2.73.